The summed E-state index contributed by atoms with van der Waals surface area (Å²) in [5.74, 6) is 2.18. The first kappa shape index (κ1) is 12.7. The van der Waals surface area contributed by atoms with Crippen LogP contribution >= 0.6 is 0 Å². The van der Waals surface area contributed by atoms with E-state index in [4.69, 9.17) is 0 Å². The topological polar surface area (TPSA) is 53.1 Å². The highest BCUT2D eigenvalue weighted by atomic mass is 15.2. The van der Waals surface area contributed by atoms with Crippen LogP contribution in [0, 0.1) is 5.92 Å². The SMILES string of the molecule is CNCC(C)CNc1ccnc(N(C)C)n1. The van der Waals surface area contributed by atoms with Gasteiger partial charge in [-0.3, -0.25) is 0 Å². The van der Waals surface area contributed by atoms with E-state index < -0.39 is 0 Å². The van der Waals surface area contributed by atoms with E-state index in [-0.39, 0.29) is 0 Å². The molecule has 0 saturated heterocycles. The molecule has 0 fully saturated rings. The summed E-state index contributed by atoms with van der Waals surface area (Å²) in [6.07, 6.45) is 1.77. The maximum atomic E-state index is 4.39. The van der Waals surface area contributed by atoms with Gasteiger partial charge in [-0.25, -0.2) is 4.98 Å². The molecule has 2 N–H and O–H groups in total. The second kappa shape index (κ2) is 6.27. The molecule has 1 atom stereocenters. The Labute approximate surface area is 97.3 Å². The standard InChI is InChI=1S/C11H21N5/c1-9(7-12-2)8-14-10-5-6-13-11(15-10)16(3)4/h5-6,9,12H,7-8H2,1-4H3,(H,13,14,15). The summed E-state index contributed by atoms with van der Waals surface area (Å²) in [5, 5.41) is 6.46. The van der Waals surface area contributed by atoms with Crippen molar-refractivity contribution in [2.75, 3.05) is 44.4 Å². The van der Waals surface area contributed by atoms with E-state index >= 15 is 0 Å². The summed E-state index contributed by atoms with van der Waals surface area (Å²) in [4.78, 5) is 10.4. The molecular weight excluding hydrogens is 202 g/mol. The zero-order chi connectivity index (χ0) is 12.0. The average molecular weight is 223 g/mol. The lowest BCUT2D eigenvalue weighted by Gasteiger charge is -2.14. The molecule has 1 aromatic heterocycles. The van der Waals surface area contributed by atoms with E-state index in [1.165, 1.54) is 0 Å². The third kappa shape index (κ3) is 4.02. The van der Waals surface area contributed by atoms with Gasteiger partial charge < -0.3 is 15.5 Å². The lowest BCUT2D eigenvalue weighted by atomic mass is 10.2. The van der Waals surface area contributed by atoms with Gasteiger partial charge in [0.15, 0.2) is 0 Å². The molecule has 0 aliphatic rings. The summed E-state index contributed by atoms with van der Waals surface area (Å²) in [5.41, 5.74) is 0. The van der Waals surface area contributed by atoms with Gasteiger partial charge in [0.05, 0.1) is 0 Å². The normalized spacial score (nSPS) is 12.2. The molecule has 5 heteroatoms. The Balaban J connectivity index is 2.50. The Bertz CT molecular complexity index is 313. The summed E-state index contributed by atoms with van der Waals surface area (Å²) in [7, 11) is 5.83. The highest BCUT2D eigenvalue weighted by Crippen LogP contribution is 2.08. The second-order valence-corrected chi connectivity index (χ2v) is 4.18. The minimum atomic E-state index is 0.572. The Morgan fingerprint density at radius 2 is 2.12 bits per heavy atom. The van der Waals surface area contributed by atoms with Crippen LogP contribution in [0.3, 0.4) is 0 Å². The van der Waals surface area contributed by atoms with Crippen LogP contribution in [0.25, 0.3) is 0 Å². The fourth-order valence-electron chi connectivity index (χ4n) is 1.36. The molecule has 16 heavy (non-hydrogen) atoms. The number of nitrogens with zero attached hydrogens (tertiary/aromatic N) is 3. The number of rotatable bonds is 6. The molecule has 0 amide bonds. The summed E-state index contributed by atoms with van der Waals surface area (Å²) < 4.78 is 0. The molecule has 5 nitrogen and oxygen atoms in total. The third-order valence-corrected chi connectivity index (χ3v) is 2.23. The van der Waals surface area contributed by atoms with Crippen molar-refractivity contribution in [1.29, 1.82) is 0 Å². The summed E-state index contributed by atoms with van der Waals surface area (Å²) in [6.45, 7) is 4.10. The molecule has 1 aromatic rings. The van der Waals surface area contributed by atoms with Gasteiger partial charge >= 0.3 is 0 Å². The predicted molar refractivity (Wildman–Crippen MR) is 67.9 cm³/mol. The highest BCUT2D eigenvalue weighted by Gasteiger charge is 2.03. The maximum absolute atomic E-state index is 4.39. The molecule has 1 heterocycles. The van der Waals surface area contributed by atoms with Crippen LogP contribution < -0.4 is 15.5 Å². The Kier molecular flexibility index (Phi) is 4.98. The Morgan fingerprint density at radius 1 is 1.38 bits per heavy atom. The number of hydrogen-bond donors (Lipinski definition) is 2. The quantitative estimate of drug-likeness (QED) is 0.747. The van der Waals surface area contributed by atoms with E-state index in [2.05, 4.69) is 27.5 Å². The first-order chi connectivity index (χ1) is 7.63. The fourth-order valence-corrected chi connectivity index (χ4v) is 1.36. The zero-order valence-corrected chi connectivity index (χ0v) is 10.5. The first-order valence-electron chi connectivity index (χ1n) is 5.52. The van der Waals surface area contributed by atoms with Crippen LogP contribution in [-0.2, 0) is 0 Å². The van der Waals surface area contributed by atoms with Crippen molar-refractivity contribution in [3.8, 4) is 0 Å². The van der Waals surface area contributed by atoms with E-state index in [9.17, 15) is 0 Å². The molecule has 0 bridgehead atoms. The molecule has 1 rings (SSSR count). The lowest BCUT2D eigenvalue weighted by Crippen LogP contribution is -2.23. The van der Waals surface area contributed by atoms with Gasteiger partial charge in [-0.05, 0) is 25.6 Å². The molecule has 0 radical (unpaired) electrons. The van der Waals surface area contributed by atoms with Crippen molar-refractivity contribution < 1.29 is 0 Å². The van der Waals surface area contributed by atoms with Crippen molar-refractivity contribution in [3.63, 3.8) is 0 Å². The van der Waals surface area contributed by atoms with Gasteiger partial charge in [0.1, 0.15) is 5.82 Å². The smallest absolute Gasteiger partial charge is 0.226 e. The molecular formula is C11H21N5. The zero-order valence-electron chi connectivity index (χ0n) is 10.5. The minimum Gasteiger partial charge on any atom is -0.370 e. The van der Waals surface area contributed by atoms with Gasteiger partial charge in [0.25, 0.3) is 0 Å². The van der Waals surface area contributed by atoms with E-state index in [1.54, 1.807) is 6.20 Å². The molecule has 1 unspecified atom stereocenters. The van der Waals surface area contributed by atoms with Crippen molar-refractivity contribution >= 4 is 11.8 Å². The maximum Gasteiger partial charge on any atom is 0.226 e. The van der Waals surface area contributed by atoms with Gasteiger partial charge in [0, 0.05) is 26.8 Å². The number of aromatic nitrogens is 2. The van der Waals surface area contributed by atoms with Crippen LogP contribution in [0.2, 0.25) is 0 Å². The Morgan fingerprint density at radius 3 is 2.75 bits per heavy atom. The number of anilines is 2. The van der Waals surface area contributed by atoms with Crippen LogP contribution in [0.4, 0.5) is 11.8 Å². The van der Waals surface area contributed by atoms with Crippen LogP contribution in [-0.4, -0.2) is 44.2 Å². The molecule has 0 aliphatic carbocycles. The van der Waals surface area contributed by atoms with E-state index in [1.807, 2.05) is 32.1 Å². The first-order valence-corrected chi connectivity index (χ1v) is 5.52. The van der Waals surface area contributed by atoms with Crippen molar-refractivity contribution in [2.24, 2.45) is 5.92 Å². The number of nitrogens with one attached hydrogen (secondary N) is 2. The summed E-state index contributed by atoms with van der Waals surface area (Å²) in [6, 6.07) is 1.89. The summed E-state index contributed by atoms with van der Waals surface area (Å²) >= 11 is 0. The van der Waals surface area contributed by atoms with Crippen molar-refractivity contribution in [2.45, 2.75) is 6.92 Å². The molecule has 0 saturated carbocycles. The second-order valence-electron chi connectivity index (χ2n) is 4.18. The third-order valence-electron chi connectivity index (χ3n) is 2.23. The van der Waals surface area contributed by atoms with Crippen LogP contribution in [0.15, 0.2) is 12.3 Å². The van der Waals surface area contributed by atoms with E-state index in [0.29, 0.717) is 5.92 Å². The lowest BCUT2D eigenvalue weighted by molar-refractivity contribution is 0.569. The average Bonchev–Trinajstić information content (AvgIpc) is 2.27. The predicted octanol–water partition coefficient (Wildman–Crippen LogP) is 0.810. The van der Waals surface area contributed by atoms with Gasteiger partial charge in [0.2, 0.25) is 5.95 Å². The molecule has 0 aromatic carbocycles. The highest BCUT2D eigenvalue weighted by molar-refractivity contribution is 5.40. The molecule has 0 aliphatic heterocycles. The largest absolute Gasteiger partial charge is 0.370 e. The minimum absolute atomic E-state index is 0.572. The molecule has 90 valence electrons. The Hall–Kier alpha value is -1.36. The number of hydrogen-bond acceptors (Lipinski definition) is 5. The molecule has 0 spiro atoms. The van der Waals surface area contributed by atoms with Crippen molar-refractivity contribution in [1.82, 2.24) is 15.3 Å². The van der Waals surface area contributed by atoms with Crippen LogP contribution in [0.1, 0.15) is 6.92 Å². The fraction of sp³-hybridized carbons (Fsp3) is 0.636. The van der Waals surface area contributed by atoms with E-state index in [0.717, 1.165) is 24.9 Å². The van der Waals surface area contributed by atoms with Gasteiger partial charge in [-0.15, -0.1) is 0 Å². The van der Waals surface area contributed by atoms with Gasteiger partial charge in [-0.2, -0.15) is 4.98 Å². The van der Waals surface area contributed by atoms with Crippen molar-refractivity contribution in [3.05, 3.63) is 12.3 Å². The monoisotopic (exact) mass is 223 g/mol. The van der Waals surface area contributed by atoms with Gasteiger partial charge in [-0.1, -0.05) is 6.92 Å². The van der Waals surface area contributed by atoms with Crippen LogP contribution in [0.5, 0.6) is 0 Å².